The van der Waals surface area contributed by atoms with Gasteiger partial charge in [-0.15, -0.1) is 0 Å². The number of para-hydroxylation sites is 4. The van der Waals surface area contributed by atoms with Crippen molar-refractivity contribution in [3.05, 3.63) is 289 Å². The summed E-state index contributed by atoms with van der Waals surface area (Å²) in [5, 5.41) is 9.47. The summed E-state index contributed by atoms with van der Waals surface area (Å²) in [5.74, 6) is 0. The van der Waals surface area contributed by atoms with Crippen LogP contribution >= 0.6 is 0 Å². The molecule has 6 nitrogen and oxygen atoms in total. The third kappa shape index (κ3) is 8.34. The molecule has 82 heavy (non-hydrogen) atoms. The van der Waals surface area contributed by atoms with Crippen LogP contribution in [0.1, 0.15) is 22.3 Å². The van der Waals surface area contributed by atoms with Gasteiger partial charge in [0, 0.05) is 88.6 Å². The van der Waals surface area contributed by atoms with Gasteiger partial charge in [-0.2, -0.15) is 0 Å². The van der Waals surface area contributed by atoms with Crippen molar-refractivity contribution < 1.29 is 8.83 Å². The van der Waals surface area contributed by atoms with Crippen LogP contribution in [-0.4, -0.2) is 9.13 Å². The summed E-state index contributed by atoms with van der Waals surface area (Å²) in [5.41, 5.74) is 22.2. The lowest BCUT2D eigenvalue weighted by Crippen LogP contribution is -2.10. The molecule has 0 saturated carbocycles. The fourth-order valence-corrected chi connectivity index (χ4v) is 12.1. The maximum atomic E-state index is 6.37. The van der Waals surface area contributed by atoms with Gasteiger partial charge in [-0.05, 0) is 173 Å². The predicted molar refractivity (Wildman–Crippen MR) is 344 cm³/mol. The number of hydrogen-bond acceptors (Lipinski definition) is 4. The van der Waals surface area contributed by atoms with Crippen molar-refractivity contribution in [2.75, 3.05) is 9.80 Å². The number of furan rings is 2. The molecule has 0 atom stereocenters. The van der Waals surface area contributed by atoms with Crippen molar-refractivity contribution in [2.24, 2.45) is 0 Å². The summed E-state index contributed by atoms with van der Waals surface area (Å²) >= 11 is 0. The number of anilines is 6. The Morgan fingerprint density at radius 2 is 0.476 bits per heavy atom. The Balaban J connectivity index is 0.000000141. The standard InChI is InChI=1S/C40H34N2O.C36H22N2O/c1-27-5-13-31(14-6-27)41(32-15-7-28(2)8-16-32)35-21-23-39-37(25-35)38-26-36(22-24-40(38)43-39)42(33-17-9-29(3)10-18-33)34-19-11-30(4)12-20-34;1-5-13-31-25(9-1)26-10-2-6-14-32(26)37(31)23-17-19-35-29(21-23)30-22-24(18-20-36(30)39-35)38-33-15-7-3-11-27(33)28-12-4-8-16-34(28)38/h5-26H,1-4H3;1-22H. The van der Waals surface area contributed by atoms with Crippen LogP contribution in [0.5, 0.6) is 0 Å². The van der Waals surface area contributed by atoms with E-state index in [0.29, 0.717) is 0 Å². The quantitative estimate of drug-likeness (QED) is 0.152. The highest BCUT2D eigenvalue weighted by molar-refractivity contribution is 6.13. The summed E-state index contributed by atoms with van der Waals surface area (Å²) in [6.07, 6.45) is 0. The molecular formula is C76H56N4O2. The SMILES string of the molecule is Cc1ccc(N(c2ccc(C)cc2)c2ccc3oc4ccc(N(c5ccc(C)cc5)c5ccc(C)cc5)cc4c3c2)cc1.c1ccc2c(c1)c1ccccc1n2-c1ccc2oc3ccc(-n4c5ccccc5c5ccccc54)cc3c2c1. The maximum Gasteiger partial charge on any atom is 0.135 e. The molecule has 392 valence electrons. The van der Waals surface area contributed by atoms with Crippen molar-refractivity contribution in [3.63, 3.8) is 0 Å². The van der Waals surface area contributed by atoms with Crippen LogP contribution in [-0.2, 0) is 0 Å². The number of hydrogen-bond donors (Lipinski definition) is 0. The lowest BCUT2D eigenvalue weighted by molar-refractivity contribution is 0.668. The molecule has 6 heteroatoms. The molecule has 0 unspecified atom stereocenters. The first-order chi connectivity index (χ1) is 40.3. The van der Waals surface area contributed by atoms with E-state index in [9.17, 15) is 0 Å². The van der Waals surface area contributed by atoms with Crippen molar-refractivity contribution in [1.29, 1.82) is 0 Å². The van der Waals surface area contributed by atoms with Gasteiger partial charge in [0.25, 0.3) is 0 Å². The van der Waals surface area contributed by atoms with E-state index in [2.05, 4.69) is 314 Å². The number of rotatable bonds is 8. The Morgan fingerprint density at radius 1 is 0.232 bits per heavy atom. The summed E-state index contributed by atoms with van der Waals surface area (Å²) in [6, 6.07) is 95.4. The van der Waals surface area contributed by atoms with Gasteiger partial charge < -0.3 is 27.8 Å². The Bertz CT molecular complexity index is 4560. The Hall–Kier alpha value is -10.6. The minimum Gasteiger partial charge on any atom is -0.456 e. The van der Waals surface area contributed by atoms with Crippen LogP contribution in [0, 0.1) is 27.7 Å². The molecule has 0 radical (unpaired) electrons. The van der Waals surface area contributed by atoms with E-state index < -0.39 is 0 Å². The minimum absolute atomic E-state index is 0.876. The van der Waals surface area contributed by atoms with Gasteiger partial charge in [-0.25, -0.2) is 0 Å². The third-order valence-corrected chi connectivity index (χ3v) is 16.2. The molecule has 0 fully saturated rings. The van der Waals surface area contributed by atoms with Crippen molar-refractivity contribution in [2.45, 2.75) is 27.7 Å². The summed E-state index contributed by atoms with van der Waals surface area (Å²) in [6.45, 7) is 8.49. The minimum atomic E-state index is 0.876. The highest BCUT2D eigenvalue weighted by Crippen LogP contribution is 2.43. The van der Waals surface area contributed by atoms with Gasteiger partial charge in [0.15, 0.2) is 0 Å². The molecular weight excluding hydrogens is 1000 g/mol. The first-order valence-corrected chi connectivity index (χ1v) is 28.0. The zero-order valence-electron chi connectivity index (χ0n) is 46.0. The Labute approximate surface area is 475 Å². The second-order valence-electron chi connectivity index (χ2n) is 21.7. The fraction of sp³-hybridized carbons (Fsp3) is 0.0526. The van der Waals surface area contributed by atoms with E-state index in [1.54, 1.807) is 0 Å². The van der Waals surface area contributed by atoms with Gasteiger partial charge >= 0.3 is 0 Å². The van der Waals surface area contributed by atoms with Gasteiger partial charge in [0.05, 0.1) is 22.1 Å². The third-order valence-electron chi connectivity index (χ3n) is 16.2. The molecule has 0 saturated heterocycles. The monoisotopic (exact) mass is 1060 g/mol. The smallest absolute Gasteiger partial charge is 0.135 e. The summed E-state index contributed by atoms with van der Waals surface area (Å²) < 4.78 is 17.4. The lowest BCUT2D eigenvalue weighted by Gasteiger charge is -2.26. The van der Waals surface area contributed by atoms with Crippen LogP contribution in [0.15, 0.2) is 276 Å². The van der Waals surface area contributed by atoms with E-state index in [-0.39, 0.29) is 0 Å². The van der Waals surface area contributed by atoms with E-state index in [1.807, 2.05) is 0 Å². The lowest BCUT2D eigenvalue weighted by atomic mass is 10.1. The zero-order chi connectivity index (χ0) is 55.0. The fourth-order valence-electron chi connectivity index (χ4n) is 12.1. The number of aromatic nitrogens is 2. The maximum absolute atomic E-state index is 6.37. The molecule has 0 amide bonds. The van der Waals surface area contributed by atoms with Crippen LogP contribution in [0.3, 0.4) is 0 Å². The van der Waals surface area contributed by atoms with E-state index in [0.717, 1.165) is 89.4 Å². The molecule has 4 aromatic heterocycles. The average Bonchev–Trinajstić information content (AvgIpc) is 4.35. The molecule has 0 spiro atoms. The largest absolute Gasteiger partial charge is 0.456 e. The van der Waals surface area contributed by atoms with Gasteiger partial charge in [0.1, 0.15) is 22.3 Å². The topological polar surface area (TPSA) is 42.6 Å². The first-order valence-electron chi connectivity index (χ1n) is 28.0. The highest BCUT2D eigenvalue weighted by Gasteiger charge is 2.20. The van der Waals surface area contributed by atoms with Gasteiger partial charge in [-0.3, -0.25) is 0 Å². The number of nitrogens with zero attached hydrogens (tertiary/aromatic N) is 4. The normalized spacial score (nSPS) is 11.7. The van der Waals surface area contributed by atoms with Crippen LogP contribution in [0.4, 0.5) is 34.1 Å². The molecule has 4 heterocycles. The van der Waals surface area contributed by atoms with Crippen LogP contribution < -0.4 is 9.80 Å². The number of aryl methyl sites for hydroxylation is 4. The number of fused-ring (bicyclic) bond motifs is 12. The predicted octanol–water partition coefficient (Wildman–Crippen LogP) is 21.5. The van der Waals surface area contributed by atoms with Crippen molar-refractivity contribution in [3.8, 4) is 11.4 Å². The second kappa shape index (κ2) is 19.7. The van der Waals surface area contributed by atoms with E-state index >= 15 is 0 Å². The van der Waals surface area contributed by atoms with Crippen molar-refractivity contribution >= 4 is 122 Å². The van der Waals surface area contributed by atoms with Gasteiger partial charge in [-0.1, -0.05) is 144 Å². The first kappa shape index (κ1) is 48.6. The molecule has 0 aliphatic carbocycles. The molecule has 0 aliphatic heterocycles. The molecule has 16 aromatic rings. The Morgan fingerprint density at radius 3 is 0.768 bits per heavy atom. The summed E-state index contributed by atoms with van der Waals surface area (Å²) in [4.78, 5) is 4.62. The second-order valence-corrected chi connectivity index (χ2v) is 21.7. The average molecular weight is 1060 g/mol. The Kier molecular flexibility index (Phi) is 11.6. The summed E-state index contributed by atoms with van der Waals surface area (Å²) in [7, 11) is 0. The molecule has 16 rings (SSSR count). The van der Waals surface area contributed by atoms with Crippen LogP contribution in [0.2, 0.25) is 0 Å². The zero-order valence-corrected chi connectivity index (χ0v) is 46.0. The molecule has 0 N–H and O–H groups in total. The van der Waals surface area contributed by atoms with Crippen molar-refractivity contribution in [1.82, 2.24) is 9.13 Å². The molecule has 0 bridgehead atoms. The highest BCUT2D eigenvalue weighted by atomic mass is 16.3. The van der Waals surface area contributed by atoms with E-state index in [1.165, 1.54) is 65.9 Å². The number of benzene rings is 12. The molecule has 12 aromatic carbocycles. The molecule has 0 aliphatic rings. The van der Waals surface area contributed by atoms with E-state index in [4.69, 9.17) is 8.83 Å². The van der Waals surface area contributed by atoms with Crippen LogP contribution in [0.25, 0.3) is 98.9 Å². The van der Waals surface area contributed by atoms with Gasteiger partial charge in [0.2, 0.25) is 0 Å².